The lowest BCUT2D eigenvalue weighted by atomic mass is 10.0. The van der Waals surface area contributed by atoms with Crippen molar-refractivity contribution < 1.29 is 0 Å². The topological polar surface area (TPSA) is 9.86 Å². The average molecular weight is 667 g/mol. The minimum Gasteiger partial charge on any atom is -0.309 e. The van der Waals surface area contributed by atoms with Crippen LogP contribution in [-0.2, 0) is 0 Å². The first-order valence-electron chi connectivity index (χ1n) is 17.4. The monoisotopic (exact) mass is 666 g/mol. The van der Waals surface area contributed by atoms with Gasteiger partial charge in [-0.15, -0.1) is 11.3 Å². The van der Waals surface area contributed by atoms with Crippen molar-refractivity contribution in [3.63, 3.8) is 0 Å². The zero-order valence-corrected chi connectivity index (χ0v) is 28.4. The molecule has 0 amide bonds. The molecule has 0 aliphatic heterocycles. The zero-order chi connectivity index (χ0) is 33.5. The minimum atomic E-state index is 1.17. The molecule has 0 N–H and O–H groups in total. The Kier molecular flexibility index (Phi) is 6.16. The summed E-state index contributed by atoms with van der Waals surface area (Å²) in [6.45, 7) is 0. The number of rotatable bonds is 4. The Morgan fingerprint density at radius 1 is 0.333 bits per heavy atom. The predicted octanol–water partition coefficient (Wildman–Crippen LogP) is 13.6. The van der Waals surface area contributed by atoms with E-state index in [1.807, 2.05) is 11.3 Å². The lowest BCUT2D eigenvalue weighted by Gasteiger charge is -2.11. The molecule has 0 unspecified atom stereocenters. The summed E-state index contributed by atoms with van der Waals surface area (Å²) < 4.78 is 7.58. The van der Waals surface area contributed by atoms with E-state index in [0.717, 1.165) is 0 Å². The third-order valence-electron chi connectivity index (χ3n) is 10.5. The van der Waals surface area contributed by atoms with Gasteiger partial charge in [0.05, 0.1) is 22.1 Å². The number of para-hydroxylation sites is 2. The Hall–Kier alpha value is -6.42. The van der Waals surface area contributed by atoms with E-state index in [1.54, 1.807) is 0 Å². The highest BCUT2D eigenvalue weighted by Crippen LogP contribution is 2.47. The second-order valence-electron chi connectivity index (χ2n) is 13.3. The van der Waals surface area contributed by atoms with E-state index in [4.69, 9.17) is 0 Å². The van der Waals surface area contributed by atoms with Gasteiger partial charge in [0, 0.05) is 53.1 Å². The van der Waals surface area contributed by atoms with Crippen LogP contribution < -0.4 is 0 Å². The maximum Gasteiger partial charge on any atom is 0.0634 e. The second-order valence-corrected chi connectivity index (χ2v) is 14.4. The van der Waals surface area contributed by atoms with Crippen LogP contribution in [0.25, 0.3) is 97.4 Å². The SMILES string of the molecule is c1ccc(-c2cccc(-n3c4ccccc4c4c5sc6ccc7c8ccccc8n(-c8cccc(-c9ccccc9)c8)c7c6c5ccc43)c2)cc1. The minimum absolute atomic E-state index is 1.17. The molecule has 11 rings (SSSR count). The molecule has 238 valence electrons. The highest BCUT2D eigenvalue weighted by atomic mass is 32.1. The van der Waals surface area contributed by atoms with E-state index < -0.39 is 0 Å². The lowest BCUT2D eigenvalue weighted by Crippen LogP contribution is -1.95. The van der Waals surface area contributed by atoms with Crippen molar-refractivity contribution in [1.29, 1.82) is 0 Å². The number of hydrogen-bond acceptors (Lipinski definition) is 1. The van der Waals surface area contributed by atoms with Crippen molar-refractivity contribution in [1.82, 2.24) is 9.13 Å². The van der Waals surface area contributed by atoms with Gasteiger partial charge in [-0.3, -0.25) is 0 Å². The molecule has 0 fully saturated rings. The summed E-state index contributed by atoms with van der Waals surface area (Å²) in [5, 5.41) is 7.77. The van der Waals surface area contributed by atoms with Gasteiger partial charge in [0.15, 0.2) is 0 Å². The standard InChI is InChI=1S/C48H30N2S/c1-3-13-31(14-4-1)33-17-11-19-35(29-33)49-42-24-10-8-22-39(42)45-43(49)27-25-40-46-44(51-48(40)45)28-26-38-37-21-7-9-23-41(37)50(47(38)46)36-20-12-18-34(30-36)32-15-5-2-6-16-32/h1-30H. The number of hydrogen-bond donors (Lipinski definition) is 0. The van der Waals surface area contributed by atoms with Gasteiger partial charge in [0.2, 0.25) is 0 Å². The Labute approximate surface area is 298 Å². The number of thiophene rings is 1. The first kappa shape index (κ1) is 28.4. The van der Waals surface area contributed by atoms with Gasteiger partial charge in [-0.2, -0.15) is 0 Å². The summed E-state index contributed by atoms with van der Waals surface area (Å²) in [5.74, 6) is 0. The van der Waals surface area contributed by atoms with E-state index in [0.29, 0.717) is 0 Å². The molecule has 0 saturated carbocycles. The molecule has 3 aromatic heterocycles. The van der Waals surface area contributed by atoms with Crippen LogP contribution in [-0.4, -0.2) is 9.13 Å². The molecular formula is C48H30N2S. The van der Waals surface area contributed by atoms with Crippen molar-refractivity contribution >= 4 is 75.1 Å². The van der Waals surface area contributed by atoms with E-state index >= 15 is 0 Å². The van der Waals surface area contributed by atoms with Crippen molar-refractivity contribution in [2.24, 2.45) is 0 Å². The van der Waals surface area contributed by atoms with Crippen molar-refractivity contribution in [2.75, 3.05) is 0 Å². The number of benzene rings is 8. The maximum atomic E-state index is 2.49. The Morgan fingerprint density at radius 3 is 1.57 bits per heavy atom. The third kappa shape index (κ3) is 4.22. The molecule has 11 aromatic rings. The van der Waals surface area contributed by atoms with Crippen molar-refractivity contribution in [3.8, 4) is 33.6 Å². The highest BCUT2D eigenvalue weighted by Gasteiger charge is 2.22. The van der Waals surface area contributed by atoms with Gasteiger partial charge in [-0.05, 0) is 70.8 Å². The van der Waals surface area contributed by atoms with Gasteiger partial charge >= 0.3 is 0 Å². The van der Waals surface area contributed by atoms with Crippen molar-refractivity contribution in [3.05, 3.63) is 182 Å². The van der Waals surface area contributed by atoms with E-state index in [2.05, 4.69) is 191 Å². The molecule has 0 aliphatic rings. The number of aromatic nitrogens is 2. The largest absolute Gasteiger partial charge is 0.309 e. The fraction of sp³-hybridized carbons (Fsp3) is 0. The average Bonchev–Trinajstić information content (AvgIpc) is 3.86. The van der Waals surface area contributed by atoms with Crippen molar-refractivity contribution in [2.45, 2.75) is 0 Å². The summed E-state index contributed by atoms with van der Waals surface area (Å²) in [5.41, 5.74) is 12.2. The van der Waals surface area contributed by atoms with Gasteiger partial charge < -0.3 is 9.13 Å². The smallest absolute Gasteiger partial charge is 0.0634 e. The molecule has 3 heteroatoms. The summed E-state index contributed by atoms with van der Waals surface area (Å²) in [4.78, 5) is 0. The Balaban J connectivity index is 1.22. The van der Waals surface area contributed by atoms with E-state index in [-0.39, 0.29) is 0 Å². The molecule has 51 heavy (non-hydrogen) atoms. The molecule has 0 radical (unpaired) electrons. The molecule has 8 aromatic carbocycles. The summed E-state index contributed by atoms with van der Waals surface area (Å²) >= 11 is 1.92. The fourth-order valence-electron chi connectivity index (χ4n) is 8.28. The molecular weight excluding hydrogens is 637 g/mol. The van der Waals surface area contributed by atoms with Gasteiger partial charge in [-0.1, -0.05) is 133 Å². The molecule has 0 atom stereocenters. The summed E-state index contributed by atoms with van der Waals surface area (Å²) in [6, 6.07) is 66.4. The van der Waals surface area contributed by atoms with Crippen LogP contribution in [0.3, 0.4) is 0 Å². The summed E-state index contributed by atoms with van der Waals surface area (Å²) in [7, 11) is 0. The number of fused-ring (bicyclic) bond motifs is 11. The van der Waals surface area contributed by atoms with Gasteiger partial charge in [0.1, 0.15) is 0 Å². The fourth-order valence-corrected chi connectivity index (χ4v) is 9.54. The molecule has 0 bridgehead atoms. The lowest BCUT2D eigenvalue weighted by molar-refractivity contribution is 1.18. The Morgan fingerprint density at radius 2 is 0.882 bits per heavy atom. The normalized spacial score (nSPS) is 11.9. The first-order valence-corrected chi connectivity index (χ1v) is 18.3. The maximum absolute atomic E-state index is 2.49. The zero-order valence-electron chi connectivity index (χ0n) is 27.6. The Bertz CT molecular complexity index is 3130. The first-order chi connectivity index (χ1) is 25.3. The third-order valence-corrected chi connectivity index (χ3v) is 11.7. The van der Waals surface area contributed by atoms with E-state index in [9.17, 15) is 0 Å². The van der Waals surface area contributed by atoms with Crippen LogP contribution in [0, 0.1) is 0 Å². The van der Waals surface area contributed by atoms with Crippen LogP contribution >= 0.6 is 11.3 Å². The van der Waals surface area contributed by atoms with Crippen LogP contribution in [0.1, 0.15) is 0 Å². The molecule has 0 aliphatic carbocycles. The molecule has 2 nitrogen and oxygen atoms in total. The molecule has 3 heterocycles. The highest BCUT2D eigenvalue weighted by molar-refractivity contribution is 7.27. The van der Waals surface area contributed by atoms with Crippen LogP contribution in [0.2, 0.25) is 0 Å². The van der Waals surface area contributed by atoms with Crippen LogP contribution in [0.15, 0.2) is 182 Å². The van der Waals surface area contributed by atoms with Crippen LogP contribution in [0.5, 0.6) is 0 Å². The van der Waals surface area contributed by atoms with Gasteiger partial charge in [-0.25, -0.2) is 0 Å². The summed E-state index contributed by atoms with van der Waals surface area (Å²) in [6.07, 6.45) is 0. The molecule has 0 saturated heterocycles. The van der Waals surface area contributed by atoms with Gasteiger partial charge in [0.25, 0.3) is 0 Å². The van der Waals surface area contributed by atoms with E-state index in [1.165, 1.54) is 97.4 Å². The number of nitrogens with zero attached hydrogens (tertiary/aromatic N) is 2. The van der Waals surface area contributed by atoms with Crippen LogP contribution in [0.4, 0.5) is 0 Å². The quantitative estimate of drug-likeness (QED) is 0.177. The molecule has 0 spiro atoms. The predicted molar refractivity (Wildman–Crippen MR) is 219 cm³/mol. The second kappa shape index (κ2) is 11.0.